The second-order valence-electron chi connectivity index (χ2n) is 7.86. The van der Waals surface area contributed by atoms with Gasteiger partial charge in [0.25, 0.3) is 0 Å². The molecule has 1 aliphatic rings. The third-order valence-corrected chi connectivity index (χ3v) is 6.04. The van der Waals surface area contributed by atoms with E-state index in [-0.39, 0.29) is 17.6 Å². The summed E-state index contributed by atoms with van der Waals surface area (Å²) < 4.78 is 18.7. The van der Waals surface area contributed by atoms with Gasteiger partial charge < -0.3 is 9.64 Å². The zero-order valence-corrected chi connectivity index (χ0v) is 17.2. The van der Waals surface area contributed by atoms with Crippen molar-refractivity contribution in [2.24, 2.45) is 0 Å². The van der Waals surface area contributed by atoms with E-state index in [1.54, 1.807) is 19.2 Å². The van der Waals surface area contributed by atoms with Gasteiger partial charge in [0, 0.05) is 18.0 Å². The molecule has 0 radical (unpaired) electrons. The lowest BCUT2D eigenvalue weighted by Gasteiger charge is -2.35. The highest BCUT2D eigenvalue weighted by molar-refractivity contribution is 6.03. The quantitative estimate of drug-likeness (QED) is 0.409. The van der Waals surface area contributed by atoms with Crippen molar-refractivity contribution in [3.8, 4) is 5.75 Å². The molecule has 0 aromatic heterocycles. The van der Waals surface area contributed by atoms with Crippen LogP contribution < -0.4 is 9.64 Å². The predicted octanol–water partition coefficient (Wildman–Crippen LogP) is 6.06. The number of hydrogen-bond donors (Lipinski definition) is 0. The van der Waals surface area contributed by atoms with E-state index < -0.39 is 0 Å². The smallest absolute Gasteiger partial charge is 0.228 e. The van der Waals surface area contributed by atoms with Crippen LogP contribution in [0.3, 0.4) is 0 Å². The Morgan fingerprint density at radius 1 is 0.935 bits per heavy atom. The molecular formula is C27H22FNO2. The predicted molar refractivity (Wildman–Crippen MR) is 121 cm³/mol. The van der Waals surface area contributed by atoms with Gasteiger partial charge in [-0.2, -0.15) is 0 Å². The molecule has 0 bridgehead atoms. The summed E-state index contributed by atoms with van der Waals surface area (Å²) in [6.07, 6.45) is 0.383. The van der Waals surface area contributed by atoms with E-state index >= 15 is 0 Å². The second kappa shape index (κ2) is 7.88. The fourth-order valence-electron chi connectivity index (χ4n) is 4.47. The summed E-state index contributed by atoms with van der Waals surface area (Å²) in [6.45, 7) is 0.416. The molecule has 1 aliphatic heterocycles. The van der Waals surface area contributed by atoms with Gasteiger partial charge >= 0.3 is 0 Å². The molecule has 0 fully saturated rings. The number of hydrogen-bond acceptors (Lipinski definition) is 2. The third-order valence-electron chi connectivity index (χ3n) is 6.04. The Labute approximate surface area is 180 Å². The van der Waals surface area contributed by atoms with E-state index in [1.165, 1.54) is 12.1 Å². The van der Waals surface area contributed by atoms with Crippen molar-refractivity contribution in [2.45, 2.75) is 18.9 Å². The molecule has 1 amide bonds. The van der Waals surface area contributed by atoms with Crippen LogP contribution in [0.5, 0.6) is 5.75 Å². The first-order valence-corrected chi connectivity index (χ1v) is 10.3. The molecule has 1 unspecified atom stereocenters. The summed E-state index contributed by atoms with van der Waals surface area (Å²) in [5.41, 5.74) is 4.06. The summed E-state index contributed by atoms with van der Waals surface area (Å²) in [5.74, 6) is 0.540. The maximum Gasteiger partial charge on any atom is 0.228 e. The van der Waals surface area contributed by atoms with Gasteiger partial charge in [-0.1, -0.05) is 54.6 Å². The number of anilines is 1. The van der Waals surface area contributed by atoms with Crippen LogP contribution in [0.2, 0.25) is 0 Å². The number of benzene rings is 4. The number of rotatable bonds is 4. The molecule has 3 nitrogen and oxygen atoms in total. The largest absolute Gasteiger partial charge is 0.497 e. The fourth-order valence-corrected chi connectivity index (χ4v) is 4.47. The Balaban J connectivity index is 1.64. The van der Waals surface area contributed by atoms with Gasteiger partial charge in [-0.15, -0.1) is 0 Å². The summed E-state index contributed by atoms with van der Waals surface area (Å²) in [6, 6.07) is 26.7. The van der Waals surface area contributed by atoms with Crippen LogP contribution in [0.1, 0.15) is 29.0 Å². The van der Waals surface area contributed by atoms with Crippen LogP contribution in [0, 0.1) is 5.82 Å². The molecule has 5 rings (SSSR count). The van der Waals surface area contributed by atoms with E-state index in [0.717, 1.165) is 38.9 Å². The van der Waals surface area contributed by atoms with Gasteiger partial charge in [0.1, 0.15) is 11.6 Å². The molecule has 154 valence electrons. The van der Waals surface area contributed by atoms with Crippen LogP contribution in [-0.4, -0.2) is 13.0 Å². The van der Waals surface area contributed by atoms with Crippen molar-refractivity contribution in [1.82, 2.24) is 0 Å². The van der Waals surface area contributed by atoms with Crippen molar-refractivity contribution in [2.75, 3.05) is 12.0 Å². The number of methoxy groups -OCH3 is 1. The van der Waals surface area contributed by atoms with Gasteiger partial charge in [0.2, 0.25) is 5.91 Å². The highest BCUT2D eigenvalue weighted by Gasteiger charge is 2.33. The van der Waals surface area contributed by atoms with Crippen molar-refractivity contribution in [1.29, 1.82) is 0 Å². The van der Waals surface area contributed by atoms with Crippen molar-refractivity contribution in [3.63, 3.8) is 0 Å². The number of nitrogens with zero attached hydrogens (tertiary/aromatic N) is 1. The Hall–Kier alpha value is -3.66. The first-order chi connectivity index (χ1) is 15.1. The van der Waals surface area contributed by atoms with Gasteiger partial charge in [-0.25, -0.2) is 4.39 Å². The van der Waals surface area contributed by atoms with E-state index in [0.29, 0.717) is 13.0 Å². The van der Waals surface area contributed by atoms with Crippen LogP contribution >= 0.6 is 0 Å². The first kappa shape index (κ1) is 19.3. The Morgan fingerprint density at radius 2 is 1.68 bits per heavy atom. The third kappa shape index (κ3) is 3.55. The SMILES string of the molecule is COc1ccc(C2CC(=O)N(Cc3ccc(F)cc3)c3ccc4ccccc4c32)cc1. The number of carbonyl (C=O) groups is 1. The molecule has 1 heterocycles. The topological polar surface area (TPSA) is 29.5 Å². The van der Waals surface area contributed by atoms with Gasteiger partial charge in [0.05, 0.1) is 13.7 Å². The van der Waals surface area contributed by atoms with Crippen molar-refractivity contribution in [3.05, 3.63) is 107 Å². The molecule has 4 aromatic carbocycles. The fraction of sp³-hybridized carbons (Fsp3) is 0.148. The molecule has 4 heteroatoms. The Morgan fingerprint density at radius 3 is 2.42 bits per heavy atom. The number of amides is 1. The van der Waals surface area contributed by atoms with Crippen molar-refractivity contribution < 1.29 is 13.9 Å². The summed E-state index contributed by atoms with van der Waals surface area (Å²) in [4.78, 5) is 15.1. The average Bonchev–Trinajstić information content (AvgIpc) is 2.81. The minimum Gasteiger partial charge on any atom is -0.497 e. The second-order valence-corrected chi connectivity index (χ2v) is 7.86. The number of carbonyl (C=O) groups excluding carboxylic acids is 1. The molecule has 0 N–H and O–H groups in total. The lowest BCUT2D eigenvalue weighted by atomic mass is 9.81. The molecule has 0 saturated heterocycles. The molecule has 0 spiro atoms. The highest BCUT2D eigenvalue weighted by Crippen LogP contribution is 2.44. The van der Waals surface area contributed by atoms with E-state index in [2.05, 4.69) is 18.2 Å². The average molecular weight is 411 g/mol. The molecular weight excluding hydrogens is 389 g/mol. The van der Waals surface area contributed by atoms with Crippen LogP contribution in [0.4, 0.5) is 10.1 Å². The minimum atomic E-state index is -0.278. The molecule has 0 saturated carbocycles. The van der Waals surface area contributed by atoms with Crippen LogP contribution in [0.25, 0.3) is 10.8 Å². The molecule has 4 aromatic rings. The Kier molecular flexibility index (Phi) is 4.91. The zero-order chi connectivity index (χ0) is 21.4. The zero-order valence-electron chi connectivity index (χ0n) is 17.2. The molecule has 0 aliphatic carbocycles. The maximum atomic E-state index is 13.4. The van der Waals surface area contributed by atoms with E-state index in [1.807, 2.05) is 47.4 Å². The standard InChI is InChI=1S/C27H22FNO2/c1-31-22-13-8-20(9-14-22)24-16-26(30)29(17-18-6-11-21(28)12-7-18)25-15-10-19-4-2-3-5-23(19)27(24)25/h2-15,24H,16-17H2,1H3. The van der Waals surface area contributed by atoms with E-state index in [4.69, 9.17) is 4.74 Å². The van der Waals surface area contributed by atoms with Crippen LogP contribution in [0.15, 0.2) is 84.9 Å². The monoisotopic (exact) mass is 411 g/mol. The lowest BCUT2D eigenvalue weighted by molar-refractivity contribution is -0.119. The lowest BCUT2D eigenvalue weighted by Crippen LogP contribution is -2.36. The first-order valence-electron chi connectivity index (χ1n) is 10.3. The normalized spacial score (nSPS) is 15.7. The van der Waals surface area contributed by atoms with Crippen LogP contribution in [-0.2, 0) is 11.3 Å². The van der Waals surface area contributed by atoms with Gasteiger partial charge in [0.15, 0.2) is 0 Å². The minimum absolute atomic E-state index is 0.0380. The van der Waals surface area contributed by atoms with Gasteiger partial charge in [-0.05, 0) is 57.8 Å². The summed E-state index contributed by atoms with van der Waals surface area (Å²) in [7, 11) is 1.65. The molecule has 31 heavy (non-hydrogen) atoms. The maximum absolute atomic E-state index is 13.4. The molecule has 1 atom stereocenters. The van der Waals surface area contributed by atoms with Gasteiger partial charge in [-0.3, -0.25) is 4.79 Å². The van der Waals surface area contributed by atoms with Crippen molar-refractivity contribution >= 4 is 22.4 Å². The number of ether oxygens (including phenoxy) is 1. The number of fused-ring (bicyclic) bond motifs is 3. The summed E-state index contributed by atoms with van der Waals surface area (Å²) >= 11 is 0. The van der Waals surface area contributed by atoms with E-state index in [9.17, 15) is 9.18 Å². The number of halogens is 1. The summed E-state index contributed by atoms with van der Waals surface area (Å²) in [5, 5.41) is 2.30. The highest BCUT2D eigenvalue weighted by atomic mass is 19.1. The Bertz CT molecular complexity index is 1250.